The molecule has 0 saturated heterocycles. The Morgan fingerprint density at radius 2 is 1.92 bits per heavy atom. The Morgan fingerprint density at radius 3 is 2.38 bits per heavy atom. The van der Waals surface area contributed by atoms with Gasteiger partial charge in [-0.2, -0.15) is 0 Å². The third-order valence-electron chi connectivity index (χ3n) is 1.65. The summed E-state index contributed by atoms with van der Waals surface area (Å²) in [6, 6.07) is 4.93. The van der Waals surface area contributed by atoms with Gasteiger partial charge in [0, 0.05) is 22.0 Å². The molecule has 0 spiro atoms. The third kappa shape index (κ3) is 2.44. The van der Waals surface area contributed by atoms with Gasteiger partial charge in [0.1, 0.15) is 6.29 Å². The van der Waals surface area contributed by atoms with Crippen LogP contribution in [0.1, 0.15) is 18.1 Å². The van der Waals surface area contributed by atoms with Gasteiger partial charge in [0.2, 0.25) is 0 Å². The Labute approximate surface area is 86.1 Å². The quantitative estimate of drug-likeness (QED) is 0.793. The minimum atomic E-state index is -0.918. The molecule has 0 aromatic heterocycles. The molecule has 0 bridgehead atoms. The number of hydrogen-bond donors (Lipinski definition) is 1. The highest BCUT2D eigenvalue weighted by molar-refractivity contribution is 6.36. The van der Waals surface area contributed by atoms with Crippen LogP contribution in [0.4, 0.5) is 0 Å². The van der Waals surface area contributed by atoms with Gasteiger partial charge in [-0.15, -0.1) is 0 Å². The normalized spacial score (nSPS) is 12.5. The number of carbonyl (C=O) groups is 1. The molecule has 1 aromatic carbocycles. The van der Waals surface area contributed by atoms with E-state index in [1.807, 2.05) is 0 Å². The van der Waals surface area contributed by atoms with E-state index >= 15 is 0 Å². The molecule has 0 radical (unpaired) electrons. The van der Waals surface area contributed by atoms with Crippen LogP contribution in [0.25, 0.3) is 0 Å². The molecule has 1 aromatic rings. The molecular weight excluding hydrogens is 211 g/mol. The van der Waals surface area contributed by atoms with Crippen LogP contribution in [-0.2, 0) is 4.79 Å². The van der Waals surface area contributed by atoms with Gasteiger partial charge in [0.05, 0.1) is 6.10 Å². The first-order valence-corrected chi connectivity index (χ1v) is 4.48. The fraction of sp³-hybridized carbons (Fsp3) is 0.222. The highest BCUT2D eigenvalue weighted by Crippen LogP contribution is 2.31. The fourth-order valence-electron chi connectivity index (χ4n) is 1.04. The molecule has 0 fully saturated rings. The van der Waals surface area contributed by atoms with Crippen molar-refractivity contribution in [2.45, 2.75) is 12.5 Å². The number of aliphatic hydroxyl groups is 1. The molecule has 0 saturated carbocycles. The van der Waals surface area contributed by atoms with Crippen molar-refractivity contribution in [1.82, 2.24) is 0 Å². The van der Waals surface area contributed by atoms with Gasteiger partial charge in [-0.3, -0.25) is 0 Å². The maximum Gasteiger partial charge on any atom is 0.122 e. The molecule has 70 valence electrons. The van der Waals surface area contributed by atoms with E-state index in [2.05, 4.69) is 0 Å². The number of rotatable bonds is 3. The average molecular weight is 219 g/mol. The van der Waals surface area contributed by atoms with E-state index < -0.39 is 6.10 Å². The van der Waals surface area contributed by atoms with Gasteiger partial charge in [-0.25, -0.2) is 0 Å². The molecule has 0 unspecified atom stereocenters. The van der Waals surface area contributed by atoms with Crippen LogP contribution in [0.3, 0.4) is 0 Å². The zero-order chi connectivity index (χ0) is 9.84. The minimum absolute atomic E-state index is 0.00343. The van der Waals surface area contributed by atoms with Gasteiger partial charge in [-0.1, -0.05) is 29.3 Å². The van der Waals surface area contributed by atoms with Gasteiger partial charge < -0.3 is 9.90 Å². The Balaban J connectivity index is 3.04. The van der Waals surface area contributed by atoms with Crippen LogP contribution in [0.5, 0.6) is 0 Å². The minimum Gasteiger partial charge on any atom is -0.388 e. The van der Waals surface area contributed by atoms with Crippen LogP contribution in [0.15, 0.2) is 18.2 Å². The van der Waals surface area contributed by atoms with E-state index in [1.165, 1.54) is 0 Å². The second kappa shape index (κ2) is 4.61. The van der Waals surface area contributed by atoms with Crippen molar-refractivity contribution in [3.8, 4) is 0 Å². The smallest absolute Gasteiger partial charge is 0.122 e. The Hall–Kier alpha value is -0.570. The van der Waals surface area contributed by atoms with Crippen molar-refractivity contribution >= 4 is 29.5 Å². The van der Waals surface area contributed by atoms with Crippen molar-refractivity contribution in [3.63, 3.8) is 0 Å². The van der Waals surface area contributed by atoms with E-state index in [9.17, 15) is 9.90 Å². The maximum absolute atomic E-state index is 10.2. The Bertz CT molecular complexity index is 292. The Morgan fingerprint density at radius 1 is 1.38 bits per heavy atom. The van der Waals surface area contributed by atoms with E-state index in [0.717, 1.165) is 0 Å². The van der Waals surface area contributed by atoms with Crippen LogP contribution < -0.4 is 0 Å². The number of aldehydes is 1. The summed E-state index contributed by atoms with van der Waals surface area (Å²) < 4.78 is 0. The monoisotopic (exact) mass is 218 g/mol. The van der Waals surface area contributed by atoms with E-state index in [0.29, 0.717) is 21.9 Å². The molecule has 0 amide bonds. The lowest BCUT2D eigenvalue weighted by Gasteiger charge is -2.10. The molecule has 1 atom stereocenters. The van der Waals surface area contributed by atoms with Crippen LogP contribution in [-0.4, -0.2) is 11.4 Å². The maximum atomic E-state index is 10.2. The molecule has 0 heterocycles. The van der Waals surface area contributed by atoms with Crippen LogP contribution >= 0.6 is 23.2 Å². The summed E-state index contributed by atoms with van der Waals surface area (Å²) in [5.41, 5.74) is 0.415. The zero-order valence-corrected chi connectivity index (χ0v) is 8.22. The molecule has 0 aliphatic carbocycles. The number of halogens is 2. The summed E-state index contributed by atoms with van der Waals surface area (Å²) in [7, 11) is 0. The first kappa shape index (κ1) is 10.5. The van der Waals surface area contributed by atoms with Crippen molar-refractivity contribution in [2.24, 2.45) is 0 Å². The lowest BCUT2D eigenvalue weighted by molar-refractivity contribution is -0.109. The first-order chi connectivity index (χ1) is 6.16. The van der Waals surface area contributed by atoms with Crippen molar-refractivity contribution in [1.29, 1.82) is 0 Å². The number of aliphatic hydroxyl groups excluding tert-OH is 1. The van der Waals surface area contributed by atoms with Crippen molar-refractivity contribution < 1.29 is 9.90 Å². The largest absolute Gasteiger partial charge is 0.388 e. The molecule has 4 heteroatoms. The van der Waals surface area contributed by atoms with E-state index in [1.54, 1.807) is 18.2 Å². The second-order valence-electron chi connectivity index (χ2n) is 2.55. The Kier molecular flexibility index (Phi) is 3.72. The highest BCUT2D eigenvalue weighted by Gasteiger charge is 2.14. The third-order valence-corrected chi connectivity index (χ3v) is 2.31. The van der Waals surface area contributed by atoms with Crippen LogP contribution in [0, 0.1) is 0 Å². The summed E-state index contributed by atoms with van der Waals surface area (Å²) in [6.45, 7) is 0. The summed E-state index contributed by atoms with van der Waals surface area (Å²) in [5, 5.41) is 10.2. The van der Waals surface area contributed by atoms with E-state index in [-0.39, 0.29) is 6.42 Å². The highest BCUT2D eigenvalue weighted by atomic mass is 35.5. The van der Waals surface area contributed by atoms with Gasteiger partial charge in [0.25, 0.3) is 0 Å². The number of hydrogen-bond acceptors (Lipinski definition) is 2. The molecule has 1 N–H and O–H groups in total. The SMILES string of the molecule is O=CC[C@@H](O)c1c(Cl)cccc1Cl. The fourth-order valence-corrected chi connectivity index (χ4v) is 1.69. The van der Waals surface area contributed by atoms with Gasteiger partial charge in [0.15, 0.2) is 0 Å². The summed E-state index contributed by atoms with van der Waals surface area (Å²) >= 11 is 11.6. The van der Waals surface area contributed by atoms with E-state index in [4.69, 9.17) is 23.2 Å². The number of carbonyl (C=O) groups excluding carboxylic acids is 1. The lowest BCUT2D eigenvalue weighted by Crippen LogP contribution is -1.99. The summed E-state index contributed by atoms with van der Waals surface area (Å²) in [6.07, 6.45) is -0.285. The lowest BCUT2D eigenvalue weighted by atomic mass is 10.1. The molecule has 2 nitrogen and oxygen atoms in total. The summed E-state index contributed by atoms with van der Waals surface area (Å²) in [5.74, 6) is 0. The predicted molar refractivity (Wildman–Crippen MR) is 52.1 cm³/mol. The average Bonchev–Trinajstić information content (AvgIpc) is 2.04. The first-order valence-electron chi connectivity index (χ1n) is 3.72. The van der Waals surface area contributed by atoms with Crippen LogP contribution in [0.2, 0.25) is 10.0 Å². The standard InChI is InChI=1S/C9H8Cl2O2/c10-6-2-1-3-7(11)9(6)8(13)4-5-12/h1-3,5,8,13H,4H2/t8-/m1/s1. The molecule has 0 aliphatic heterocycles. The van der Waals surface area contributed by atoms with Crippen molar-refractivity contribution in [2.75, 3.05) is 0 Å². The zero-order valence-electron chi connectivity index (χ0n) is 6.71. The second-order valence-corrected chi connectivity index (χ2v) is 3.37. The molecule has 13 heavy (non-hydrogen) atoms. The molecule has 0 aliphatic rings. The molecular formula is C9H8Cl2O2. The van der Waals surface area contributed by atoms with Gasteiger partial charge in [-0.05, 0) is 12.1 Å². The topological polar surface area (TPSA) is 37.3 Å². The molecule has 1 rings (SSSR count). The predicted octanol–water partition coefficient (Wildman–Crippen LogP) is 2.62. The van der Waals surface area contributed by atoms with Crippen molar-refractivity contribution in [3.05, 3.63) is 33.8 Å². The summed E-state index contributed by atoms with van der Waals surface area (Å²) in [4.78, 5) is 10.2. The number of benzene rings is 1. The van der Waals surface area contributed by atoms with Gasteiger partial charge >= 0.3 is 0 Å².